The Morgan fingerprint density at radius 3 is 2.58 bits per heavy atom. The number of ether oxygens (including phenoxy) is 1. The fourth-order valence-electron chi connectivity index (χ4n) is 1.92. The van der Waals surface area contributed by atoms with E-state index in [0.29, 0.717) is 13.0 Å². The monoisotopic (exact) mass is 293 g/mol. The summed E-state index contributed by atoms with van der Waals surface area (Å²) in [6, 6.07) is -0.587. The van der Waals surface area contributed by atoms with E-state index < -0.39 is 22.0 Å². The molecule has 1 saturated heterocycles. The van der Waals surface area contributed by atoms with Crippen LogP contribution in [0.5, 0.6) is 0 Å². The Morgan fingerprint density at radius 1 is 1.42 bits per heavy atom. The number of morpholine rings is 1. The van der Waals surface area contributed by atoms with Crippen molar-refractivity contribution in [3.63, 3.8) is 0 Å². The Bertz CT molecular complexity index is 412. The quantitative estimate of drug-likeness (QED) is 0.815. The first-order valence-electron chi connectivity index (χ1n) is 6.41. The molecule has 0 amide bonds. The van der Waals surface area contributed by atoms with E-state index in [9.17, 15) is 13.2 Å². The topological polar surface area (TPSA) is 83.9 Å². The molecule has 1 rings (SSSR count). The van der Waals surface area contributed by atoms with Crippen LogP contribution in [0.1, 0.15) is 33.6 Å². The van der Waals surface area contributed by atoms with Crippen LogP contribution in [0.3, 0.4) is 0 Å². The summed E-state index contributed by atoms with van der Waals surface area (Å²) in [5.41, 5.74) is -0.0678. The number of carboxylic acids is 1. The predicted molar refractivity (Wildman–Crippen MR) is 71.4 cm³/mol. The smallest absolute Gasteiger partial charge is 0.305 e. The molecule has 1 fully saturated rings. The molecule has 19 heavy (non-hydrogen) atoms. The predicted octanol–water partition coefficient (Wildman–Crippen LogP) is 0.928. The van der Waals surface area contributed by atoms with Crippen molar-refractivity contribution in [2.45, 2.75) is 39.7 Å². The molecule has 112 valence electrons. The Balaban J connectivity index is 2.75. The Kier molecular flexibility index (Phi) is 5.34. The van der Waals surface area contributed by atoms with Gasteiger partial charge in [0, 0.05) is 6.54 Å². The lowest BCUT2D eigenvalue weighted by Gasteiger charge is -2.34. The third kappa shape index (κ3) is 5.46. The highest BCUT2D eigenvalue weighted by molar-refractivity contribution is 7.89. The number of sulfonamides is 1. The lowest BCUT2D eigenvalue weighted by molar-refractivity contribution is -0.139. The van der Waals surface area contributed by atoms with Crippen molar-refractivity contribution in [1.29, 1.82) is 0 Å². The third-order valence-corrected chi connectivity index (χ3v) is 4.97. The SMILES string of the molecule is CC(C)(C)CCS(=O)(=O)N1CCOCC1CC(=O)O. The summed E-state index contributed by atoms with van der Waals surface area (Å²) in [6.45, 7) is 6.67. The van der Waals surface area contributed by atoms with Gasteiger partial charge in [0.1, 0.15) is 0 Å². The molecular formula is C12H23NO5S. The van der Waals surface area contributed by atoms with Gasteiger partial charge in [-0.05, 0) is 11.8 Å². The Labute approximate surface area is 114 Å². The van der Waals surface area contributed by atoms with E-state index >= 15 is 0 Å². The molecule has 7 heteroatoms. The fraction of sp³-hybridized carbons (Fsp3) is 0.917. The average Bonchev–Trinajstić information content (AvgIpc) is 2.25. The molecule has 0 aromatic carbocycles. The summed E-state index contributed by atoms with van der Waals surface area (Å²) >= 11 is 0. The molecule has 0 spiro atoms. The van der Waals surface area contributed by atoms with Crippen LogP contribution in [0.25, 0.3) is 0 Å². The summed E-state index contributed by atoms with van der Waals surface area (Å²) in [5.74, 6) is -0.960. The second-order valence-corrected chi connectivity index (χ2v) is 8.11. The van der Waals surface area contributed by atoms with E-state index in [1.54, 1.807) is 0 Å². The van der Waals surface area contributed by atoms with E-state index in [1.165, 1.54) is 4.31 Å². The number of aliphatic carboxylic acids is 1. The normalized spacial score (nSPS) is 22.4. The first kappa shape index (κ1) is 16.4. The summed E-state index contributed by atoms with van der Waals surface area (Å²) in [7, 11) is -3.42. The van der Waals surface area contributed by atoms with Crippen LogP contribution < -0.4 is 0 Å². The number of carbonyl (C=O) groups is 1. The molecule has 1 atom stereocenters. The minimum absolute atomic E-state index is 0.0482. The molecule has 0 aromatic heterocycles. The standard InChI is InChI=1S/C12H23NO5S/c1-12(2,3)4-7-19(16,17)13-5-6-18-9-10(13)8-11(14)15/h10H,4-9H2,1-3H3,(H,14,15). The van der Waals surface area contributed by atoms with Gasteiger partial charge >= 0.3 is 5.97 Å². The molecule has 6 nitrogen and oxygen atoms in total. The molecule has 0 bridgehead atoms. The summed E-state index contributed by atoms with van der Waals surface area (Å²) in [6.07, 6.45) is 0.335. The largest absolute Gasteiger partial charge is 0.481 e. The van der Waals surface area contributed by atoms with Gasteiger partial charge in [0.25, 0.3) is 0 Å². The number of nitrogens with zero attached hydrogens (tertiary/aromatic N) is 1. The number of hydrogen-bond donors (Lipinski definition) is 1. The maximum Gasteiger partial charge on any atom is 0.305 e. The van der Waals surface area contributed by atoms with Crippen molar-refractivity contribution >= 4 is 16.0 Å². The zero-order valence-electron chi connectivity index (χ0n) is 11.8. The van der Waals surface area contributed by atoms with Crippen molar-refractivity contribution in [3.8, 4) is 0 Å². The van der Waals surface area contributed by atoms with Gasteiger partial charge in [0.2, 0.25) is 10.0 Å². The number of hydrogen-bond acceptors (Lipinski definition) is 4. The van der Waals surface area contributed by atoms with Crippen molar-refractivity contribution in [2.75, 3.05) is 25.5 Å². The van der Waals surface area contributed by atoms with Crippen LogP contribution in [-0.4, -0.2) is 55.4 Å². The number of rotatable bonds is 5. The van der Waals surface area contributed by atoms with Crippen molar-refractivity contribution in [3.05, 3.63) is 0 Å². The fourth-order valence-corrected chi connectivity index (χ4v) is 3.97. The molecule has 0 radical (unpaired) electrons. The lowest BCUT2D eigenvalue weighted by Crippen LogP contribution is -2.50. The van der Waals surface area contributed by atoms with Crippen molar-refractivity contribution in [1.82, 2.24) is 4.31 Å². The van der Waals surface area contributed by atoms with Gasteiger partial charge in [0.15, 0.2) is 0 Å². The Hall–Kier alpha value is -0.660. The van der Waals surface area contributed by atoms with Crippen molar-refractivity contribution < 1.29 is 23.1 Å². The highest BCUT2D eigenvalue weighted by atomic mass is 32.2. The zero-order chi connectivity index (χ0) is 14.7. The van der Waals surface area contributed by atoms with Gasteiger partial charge in [0.05, 0.1) is 31.4 Å². The number of carboxylic acid groups (broad SMARTS) is 1. The molecule has 0 aliphatic carbocycles. The average molecular weight is 293 g/mol. The summed E-state index contributed by atoms with van der Waals surface area (Å²) < 4.78 is 31.1. The van der Waals surface area contributed by atoms with E-state index in [-0.39, 0.29) is 30.7 Å². The van der Waals surface area contributed by atoms with Gasteiger partial charge in [-0.2, -0.15) is 4.31 Å². The lowest BCUT2D eigenvalue weighted by atomic mass is 9.94. The van der Waals surface area contributed by atoms with E-state index in [2.05, 4.69) is 0 Å². The van der Waals surface area contributed by atoms with E-state index in [4.69, 9.17) is 9.84 Å². The second kappa shape index (κ2) is 6.19. The zero-order valence-corrected chi connectivity index (χ0v) is 12.6. The maximum atomic E-state index is 12.3. The highest BCUT2D eigenvalue weighted by Crippen LogP contribution is 2.23. The van der Waals surface area contributed by atoms with Gasteiger partial charge in [-0.1, -0.05) is 20.8 Å². The molecular weight excluding hydrogens is 270 g/mol. The molecule has 1 heterocycles. The first-order chi connectivity index (χ1) is 8.62. The van der Waals surface area contributed by atoms with Crippen LogP contribution in [0.15, 0.2) is 0 Å². The molecule has 1 aliphatic heterocycles. The molecule has 1 N–H and O–H groups in total. The molecule has 0 saturated carbocycles. The van der Waals surface area contributed by atoms with Crippen LogP contribution in [0, 0.1) is 5.41 Å². The first-order valence-corrected chi connectivity index (χ1v) is 8.02. The third-order valence-electron chi connectivity index (χ3n) is 3.05. The molecule has 0 aromatic rings. The Morgan fingerprint density at radius 2 is 2.05 bits per heavy atom. The van der Waals surface area contributed by atoms with Crippen molar-refractivity contribution in [2.24, 2.45) is 5.41 Å². The minimum atomic E-state index is -3.42. The summed E-state index contributed by atoms with van der Waals surface area (Å²) in [5, 5.41) is 8.83. The van der Waals surface area contributed by atoms with Gasteiger partial charge < -0.3 is 9.84 Å². The van der Waals surface area contributed by atoms with Gasteiger partial charge in [-0.3, -0.25) is 4.79 Å². The van der Waals surface area contributed by atoms with Crippen LogP contribution in [0.2, 0.25) is 0 Å². The molecule has 1 unspecified atom stereocenters. The highest BCUT2D eigenvalue weighted by Gasteiger charge is 2.34. The van der Waals surface area contributed by atoms with E-state index in [0.717, 1.165) is 0 Å². The second-order valence-electron chi connectivity index (χ2n) is 6.06. The van der Waals surface area contributed by atoms with E-state index in [1.807, 2.05) is 20.8 Å². The molecule has 1 aliphatic rings. The van der Waals surface area contributed by atoms with Crippen LogP contribution >= 0.6 is 0 Å². The van der Waals surface area contributed by atoms with Gasteiger partial charge in [-0.15, -0.1) is 0 Å². The van der Waals surface area contributed by atoms with Crippen LogP contribution in [-0.2, 0) is 19.6 Å². The minimum Gasteiger partial charge on any atom is -0.481 e. The van der Waals surface area contributed by atoms with Gasteiger partial charge in [-0.25, -0.2) is 8.42 Å². The maximum absolute atomic E-state index is 12.3. The van der Waals surface area contributed by atoms with Crippen LogP contribution in [0.4, 0.5) is 0 Å². The summed E-state index contributed by atoms with van der Waals surface area (Å²) in [4.78, 5) is 10.8.